The maximum absolute atomic E-state index is 13.4. The molecule has 0 unspecified atom stereocenters. The van der Waals surface area contributed by atoms with Crippen molar-refractivity contribution in [2.75, 3.05) is 0 Å². The molecule has 29 heavy (non-hydrogen) atoms. The first kappa shape index (κ1) is 19.2. The van der Waals surface area contributed by atoms with E-state index in [1.807, 2.05) is 80.6 Å². The fourth-order valence-electron chi connectivity index (χ4n) is 3.38. The number of benzene rings is 2. The van der Waals surface area contributed by atoms with Crippen LogP contribution in [0.4, 0.5) is 0 Å². The van der Waals surface area contributed by atoms with Crippen molar-refractivity contribution < 1.29 is 9.59 Å². The number of nitrogens with zero attached hydrogens (tertiary/aromatic N) is 2. The molecule has 2 aromatic carbocycles. The van der Waals surface area contributed by atoms with Gasteiger partial charge in [0.2, 0.25) is 0 Å². The number of carbonyl (C=O) groups is 2. The fraction of sp³-hybridized carbons (Fsp3) is 0.125. The zero-order chi connectivity index (χ0) is 20.4. The molecule has 1 aliphatic rings. The maximum atomic E-state index is 13.4. The van der Waals surface area contributed by atoms with Gasteiger partial charge in [0.15, 0.2) is 0 Å². The smallest absolute Gasteiger partial charge is 0.268 e. The molecule has 144 valence electrons. The molecule has 3 aromatic rings. The average molecular weight is 401 g/mol. The standard InChI is InChI=1S/C24H20N2O2S/c1-16-11-12-20(17(2)14-16)21-22(29-19-9-4-3-5-10-19)24(28)26(23(21)27)15-18-8-6-7-13-25-18/h3-14H,15H2,1-2H3. The predicted octanol–water partition coefficient (Wildman–Crippen LogP) is 4.77. The molecular weight excluding hydrogens is 380 g/mol. The van der Waals surface area contributed by atoms with E-state index in [4.69, 9.17) is 0 Å². The lowest BCUT2D eigenvalue weighted by Gasteiger charge is -2.15. The Hall–Kier alpha value is -3.18. The SMILES string of the molecule is Cc1ccc(C2=C(Sc3ccccc3)C(=O)N(Cc3ccccn3)C2=O)c(C)c1. The van der Waals surface area contributed by atoms with Crippen LogP contribution in [0.1, 0.15) is 22.4 Å². The van der Waals surface area contributed by atoms with E-state index in [2.05, 4.69) is 4.98 Å². The number of imide groups is 1. The van der Waals surface area contributed by atoms with E-state index in [-0.39, 0.29) is 18.4 Å². The minimum absolute atomic E-state index is 0.158. The van der Waals surface area contributed by atoms with Crippen molar-refractivity contribution in [3.8, 4) is 0 Å². The second-order valence-electron chi connectivity index (χ2n) is 6.96. The van der Waals surface area contributed by atoms with Crippen molar-refractivity contribution in [1.82, 2.24) is 9.88 Å². The first-order chi connectivity index (χ1) is 14.0. The van der Waals surface area contributed by atoms with Gasteiger partial charge in [-0.15, -0.1) is 0 Å². The van der Waals surface area contributed by atoms with E-state index in [0.29, 0.717) is 16.2 Å². The van der Waals surface area contributed by atoms with Crippen molar-refractivity contribution in [2.45, 2.75) is 25.3 Å². The molecule has 5 heteroatoms. The third kappa shape index (κ3) is 3.87. The number of aromatic nitrogens is 1. The Bertz CT molecular complexity index is 1110. The molecule has 0 saturated heterocycles. The molecule has 1 aliphatic heterocycles. The minimum Gasteiger partial charge on any atom is -0.269 e. The van der Waals surface area contributed by atoms with Crippen LogP contribution in [0, 0.1) is 13.8 Å². The van der Waals surface area contributed by atoms with Gasteiger partial charge in [-0.05, 0) is 49.2 Å². The number of hydrogen-bond acceptors (Lipinski definition) is 4. The molecule has 0 N–H and O–H groups in total. The Morgan fingerprint density at radius 1 is 0.897 bits per heavy atom. The van der Waals surface area contributed by atoms with Crippen LogP contribution in [0.25, 0.3) is 5.57 Å². The molecule has 1 aromatic heterocycles. The van der Waals surface area contributed by atoms with E-state index in [1.54, 1.807) is 6.20 Å². The molecule has 2 heterocycles. The predicted molar refractivity (Wildman–Crippen MR) is 115 cm³/mol. The summed E-state index contributed by atoms with van der Waals surface area (Å²) in [5.41, 5.74) is 4.05. The van der Waals surface area contributed by atoms with E-state index >= 15 is 0 Å². The summed E-state index contributed by atoms with van der Waals surface area (Å²) in [4.78, 5) is 33.6. The molecule has 4 rings (SSSR count). The monoisotopic (exact) mass is 400 g/mol. The molecule has 0 saturated carbocycles. The summed E-state index contributed by atoms with van der Waals surface area (Å²) in [6.07, 6.45) is 1.67. The Morgan fingerprint density at radius 3 is 2.34 bits per heavy atom. The number of hydrogen-bond donors (Lipinski definition) is 0. The number of amides is 2. The number of thioether (sulfide) groups is 1. The van der Waals surface area contributed by atoms with Gasteiger partial charge in [0, 0.05) is 11.1 Å². The highest BCUT2D eigenvalue weighted by atomic mass is 32.2. The van der Waals surface area contributed by atoms with Crippen LogP contribution in [0.5, 0.6) is 0 Å². The van der Waals surface area contributed by atoms with Crippen LogP contribution in [-0.4, -0.2) is 21.7 Å². The third-order valence-corrected chi connectivity index (χ3v) is 5.88. The van der Waals surface area contributed by atoms with E-state index in [9.17, 15) is 9.59 Å². The highest BCUT2D eigenvalue weighted by molar-refractivity contribution is 8.04. The molecule has 0 atom stereocenters. The van der Waals surface area contributed by atoms with Crippen molar-refractivity contribution >= 4 is 29.1 Å². The van der Waals surface area contributed by atoms with Crippen molar-refractivity contribution in [1.29, 1.82) is 0 Å². The lowest BCUT2D eigenvalue weighted by atomic mass is 9.99. The second kappa shape index (κ2) is 8.05. The van der Waals surface area contributed by atoms with Gasteiger partial charge in [-0.25, -0.2) is 0 Å². The van der Waals surface area contributed by atoms with E-state index in [0.717, 1.165) is 21.6 Å². The quantitative estimate of drug-likeness (QED) is 0.579. The van der Waals surface area contributed by atoms with Crippen LogP contribution in [0.15, 0.2) is 82.7 Å². The maximum Gasteiger partial charge on any atom is 0.268 e. The largest absolute Gasteiger partial charge is 0.269 e. The second-order valence-corrected chi connectivity index (χ2v) is 8.04. The summed E-state index contributed by atoms with van der Waals surface area (Å²) in [7, 11) is 0. The van der Waals surface area contributed by atoms with Gasteiger partial charge in [-0.3, -0.25) is 19.5 Å². The number of rotatable bonds is 5. The van der Waals surface area contributed by atoms with Crippen LogP contribution in [0.2, 0.25) is 0 Å². The lowest BCUT2D eigenvalue weighted by molar-refractivity contribution is -0.137. The van der Waals surface area contributed by atoms with Crippen LogP contribution < -0.4 is 0 Å². The summed E-state index contributed by atoms with van der Waals surface area (Å²) in [5, 5.41) is 0. The van der Waals surface area contributed by atoms with Crippen molar-refractivity contribution in [3.63, 3.8) is 0 Å². The first-order valence-electron chi connectivity index (χ1n) is 9.35. The summed E-state index contributed by atoms with van der Waals surface area (Å²) in [6, 6.07) is 21.1. The van der Waals surface area contributed by atoms with Crippen LogP contribution in [-0.2, 0) is 16.1 Å². The molecule has 0 spiro atoms. The zero-order valence-corrected chi connectivity index (χ0v) is 17.1. The Balaban J connectivity index is 1.78. The van der Waals surface area contributed by atoms with Gasteiger partial charge in [0.05, 0.1) is 22.7 Å². The van der Waals surface area contributed by atoms with Gasteiger partial charge in [-0.1, -0.05) is 59.8 Å². The average Bonchev–Trinajstić information content (AvgIpc) is 2.94. The van der Waals surface area contributed by atoms with Crippen LogP contribution in [0.3, 0.4) is 0 Å². The van der Waals surface area contributed by atoms with Gasteiger partial charge >= 0.3 is 0 Å². The van der Waals surface area contributed by atoms with Gasteiger partial charge < -0.3 is 0 Å². The lowest BCUT2D eigenvalue weighted by Crippen LogP contribution is -2.31. The van der Waals surface area contributed by atoms with Crippen LogP contribution >= 0.6 is 11.8 Å². The number of pyridine rings is 1. The van der Waals surface area contributed by atoms with Gasteiger partial charge in [-0.2, -0.15) is 0 Å². The van der Waals surface area contributed by atoms with Gasteiger partial charge in [0.1, 0.15) is 0 Å². The highest BCUT2D eigenvalue weighted by Gasteiger charge is 2.40. The Morgan fingerprint density at radius 2 is 1.66 bits per heavy atom. The van der Waals surface area contributed by atoms with Gasteiger partial charge in [0.25, 0.3) is 11.8 Å². The summed E-state index contributed by atoms with van der Waals surface area (Å²) in [5.74, 6) is -0.546. The molecule has 4 nitrogen and oxygen atoms in total. The molecule has 0 bridgehead atoms. The van der Waals surface area contributed by atoms with E-state index in [1.165, 1.54) is 16.7 Å². The topological polar surface area (TPSA) is 50.3 Å². The van der Waals surface area contributed by atoms with Crippen molar-refractivity contribution in [3.05, 3.63) is 100 Å². The molecule has 0 aliphatic carbocycles. The molecule has 0 fully saturated rings. The van der Waals surface area contributed by atoms with Crippen molar-refractivity contribution in [2.24, 2.45) is 0 Å². The van der Waals surface area contributed by atoms with E-state index < -0.39 is 0 Å². The first-order valence-corrected chi connectivity index (χ1v) is 10.2. The summed E-state index contributed by atoms with van der Waals surface area (Å²) < 4.78 is 0. The summed E-state index contributed by atoms with van der Waals surface area (Å²) in [6.45, 7) is 4.14. The molecular formula is C24H20N2O2S. The highest BCUT2D eigenvalue weighted by Crippen LogP contribution is 2.41. The number of carbonyl (C=O) groups excluding carboxylic acids is 2. The molecule has 2 amide bonds. The Labute approximate surface area is 174 Å². The number of aryl methyl sites for hydroxylation is 2. The molecule has 0 radical (unpaired) electrons. The summed E-state index contributed by atoms with van der Waals surface area (Å²) >= 11 is 1.34. The third-order valence-electron chi connectivity index (χ3n) is 4.79. The Kier molecular flexibility index (Phi) is 5.32. The fourth-order valence-corrected chi connectivity index (χ4v) is 4.41. The zero-order valence-electron chi connectivity index (χ0n) is 16.3. The minimum atomic E-state index is -0.274. The normalized spacial score (nSPS) is 14.1.